The number of aliphatic imine (C=N–C) groups is 1. The molecule has 1 aliphatic heterocycles. The Hall–Kier alpha value is -2.50. The molecule has 0 amide bonds. The summed E-state index contributed by atoms with van der Waals surface area (Å²) in [7, 11) is 0. The normalized spacial score (nSPS) is 15.2. The smallest absolute Gasteiger partial charge is 0.183 e. The van der Waals surface area contributed by atoms with Crippen LogP contribution in [-0.2, 0) is 4.74 Å². The van der Waals surface area contributed by atoms with Crippen LogP contribution in [-0.4, -0.2) is 42.7 Å². The largest absolute Gasteiger partial charge is 0.444 e. The van der Waals surface area contributed by atoms with Gasteiger partial charge in [-0.2, -0.15) is 5.26 Å². The highest BCUT2D eigenvalue weighted by Gasteiger charge is 2.16. The van der Waals surface area contributed by atoms with Gasteiger partial charge in [-0.15, -0.1) is 0 Å². The van der Waals surface area contributed by atoms with E-state index < -0.39 is 0 Å². The first-order valence-electron chi connectivity index (χ1n) is 7.45. The number of hydrogen-bond acceptors (Lipinski definition) is 7. The van der Waals surface area contributed by atoms with Gasteiger partial charge < -0.3 is 14.1 Å². The first-order valence-corrected chi connectivity index (χ1v) is 8.67. The number of nitriles is 1. The van der Waals surface area contributed by atoms with Crippen molar-refractivity contribution in [1.29, 1.82) is 5.26 Å². The highest BCUT2D eigenvalue weighted by Crippen LogP contribution is 2.34. The molecular formula is C16H17N5O2S. The van der Waals surface area contributed by atoms with Gasteiger partial charge in [-0.1, -0.05) is 11.8 Å². The Morgan fingerprint density at radius 1 is 1.42 bits per heavy atom. The number of ether oxygens (including phenoxy) is 1. The quantitative estimate of drug-likeness (QED) is 0.397. The van der Waals surface area contributed by atoms with Gasteiger partial charge in [-0.25, -0.2) is 9.98 Å². The molecular weight excluding hydrogens is 326 g/mol. The zero-order valence-corrected chi connectivity index (χ0v) is 14.0. The summed E-state index contributed by atoms with van der Waals surface area (Å²) in [5, 5.41) is 12.0. The summed E-state index contributed by atoms with van der Waals surface area (Å²) in [6.45, 7) is 3.01. The van der Waals surface area contributed by atoms with E-state index in [0.717, 1.165) is 30.0 Å². The van der Waals surface area contributed by atoms with Crippen molar-refractivity contribution in [3.63, 3.8) is 0 Å². The van der Waals surface area contributed by atoms with Crippen molar-refractivity contribution in [3.05, 3.63) is 30.8 Å². The Balaban J connectivity index is 2.02. The minimum Gasteiger partial charge on any atom is -0.444 e. The predicted molar refractivity (Wildman–Crippen MR) is 94.3 cm³/mol. The van der Waals surface area contributed by atoms with Gasteiger partial charge in [0.05, 0.1) is 30.8 Å². The molecule has 1 fully saturated rings. The highest BCUT2D eigenvalue weighted by molar-refractivity contribution is 8.13. The first kappa shape index (κ1) is 16.4. The van der Waals surface area contributed by atoms with Crippen LogP contribution in [0.15, 0.2) is 40.2 Å². The second-order valence-electron chi connectivity index (χ2n) is 5.03. The lowest BCUT2D eigenvalue weighted by Crippen LogP contribution is -2.36. The van der Waals surface area contributed by atoms with Gasteiger partial charge in [0.1, 0.15) is 0 Å². The number of aromatic nitrogens is 1. The second kappa shape index (κ2) is 7.86. The van der Waals surface area contributed by atoms with Crippen molar-refractivity contribution in [3.8, 4) is 17.5 Å². The van der Waals surface area contributed by atoms with Crippen LogP contribution in [0.3, 0.4) is 0 Å². The van der Waals surface area contributed by atoms with Crippen molar-refractivity contribution in [2.75, 3.05) is 37.5 Å². The number of rotatable bonds is 3. The van der Waals surface area contributed by atoms with Crippen molar-refractivity contribution in [2.45, 2.75) is 0 Å². The van der Waals surface area contributed by atoms with E-state index in [-0.39, 0.29) is 0 Å². The Morgan fingerprint density at radius 3 is 2.92 bits per heavy atom. The number of benzene rings is 1. The van der Waals surface area contributed by atoms with Crippen LogP contribution in [0.5, 0.6) is 0 Å². The average Bonchev–Trinajstić information content (AvgIpc) is 3.16. The zero-order chi connectivity index (χ0) is 16.8. The molecule has 7 nitrogen and oxygen atoms in total. The molecule has 8 heteroatoms. The second-order valence-corrected chi connectivity index (χ2v) is 5.82. The molecule has 0 unspecified atom stereocenters. The fourth-order valence-corrected chi connectivity index (χ4v) is 2.82. The van der Waals surface area contributed by atoms with Crippen LogP contribution in [0, 0.1) is 11.5 Å². The van der Waals surface area contributed by atoms with Crippen LogP contribution >= 0.6 is 11.8 Å². The molecule has 0 atom stereocenters. The summed E-state index contributed by atoms with van der Waals surface area (Å²) in [6.07, 6.45) is 6.86. The summed E-state index contributed by atoms with van der Waals surface area (Å²) in [5.41, 5.74) is 2.67. The lowest BCUT2D eigenvalue weighted by atomic mass is 10.1. The van der Waals surface area contributed by atoms with Gasteiger partial charge in [0, 0.05) is 18.7 Å². The standard InChI is InChI=1S/C16H17N5O2S/c1-24-16(19-10-17)20-13-8-12(15-9-18-11-23-15)2-3-14(13)21-4-6-22-7-5-21/h2-3,8-9,11H,4-7H2,1H3,(H,19,20). The number of hydrogen-bond donors (Lipinski definition) is 1. The molecule has 0 saturated carbocycles. The number of amidine groups is 1. The monoisotopic (exact) mass is 343 g/mol. The summed E-state index contributed by atoms with van der Waals surface area (Å²) >= 11 is 1.39. The third-order valence-corrected chi connectivity index (χ3v) is 4.20. The predicted octanol–water partition coefficient (Wildman–Crippen LogP) is 2.60. The number of anilines is 1. The molecule has 1 aromatic heterocycles. The van der Waals surface area contributed by atoms with Crippen LogP contribution in [0.25, 0.3) is 11.3 Å². The fourth-order valence-electron chi connectivity index (χ4n) is 2.48. The molecule has 0 spiro atoms. The third kappa shape index (κ3) is 3.69. The van der Waals surface area contributed by atoms with E-state index in [1.165, 1.54) is 18.2 Å². The van der Waals surface area contributed by atoms with Crippen molar-refractivity contribution in [2.24, 2.45) is 4.99 Å². The Labute approximate surface area is 144 Å². The molecule has 1 aliphatic rings. The van der Waals surface area contributed by atoms with E-state index in [4.69, 9.17) is 14.4 Å². The summed E-state index contributed by atoms with van der Waals surface area (Å²) < 4.78 is 10.8. The minimum atomic E-state index is 0.543. The molecule has 3 rings (SSSR count). The van der Waals surface area contributed by atoms with E-state index in [1.54, 1.807) is 6.20 Å². The van der Waals surface area contributed by atoms with Gasteiger partial charge in [-0.3, -0.25) is 5.32 Å². The SMILES string of the molecule is CSC(=Nc1cc(-c2cnco2)ccc1N1CCOCC1)NC#N. The molecule has 24 heavy (non-hydrogen) atoms. The first-order chi connectivity index (χ1) is 11.8. The lowest BCUT2D eigenvalue weighted by molar-refractivity contribution is 0.123. The number of morpholine rings is 1. The topological polar surface area (TPSA) is 86.7 Å². The van der Waals surface area contributed by atoms with Crippen molar-refractivity contribution < 1.29 is 9.15 Å². The summed E-state index contributed by atoms with van der Waals surface area (Å²) in [5.74, 6) is 0.680. The van der Waals surface area contributed by atoms with E-state index in [0.29, 0.717) is 24.1 Å². The molecule has 1 saturated heterocycles. The maximum absolute atomic E-state index is 8.86. The lowest BCUT2D eigenvalue weighted by Gasteiger charge is -2.30. The molecule has 2 heterocycles. The van der Waals surface area contributed by atoms with Crippen LogP contribution in [0.2, 0.25) is 0 Å². The van der Waals surface area contributed by atoms with E-state index in [1.807, 2.05) is 30.6 Å². The van der Waals surface area contributed by atoms with Crippen LogP contribution in [0.4, 0.5) is 11.4 Å². The molecule has 124 valence electrons. The van der Waals surface area contributed by atoms with Crippen LogP contribution < -0.4 is 10.2 Å². The van der Waals surface area contributed by atoms with E-state index in [2.05, 4.69) is 20.2 Å². The molecule has 0 aliphatic carbocycles. The zero-order valence-electron chi connectivity index (χ0n) is 13.2. The highest BCUT2D eigenvalue weighted by atomic mass is 32.2. The van der Waals surface area contributed by atoms with Crippen molar-refractivity contribution >= 4 is 28.3 Å². The van der Waals surface area contributed by atoms with E-state index >= 15 is 0 Å². The molecule has 1 N–H and O–H groups in total. The van der Waals surface area contributed by atoms with E-state index in [9.17, 15) is 0 Å². The number of oxazole rings is 1. The Bertz CT molecular complexity index is 748. The maximum atomic E-state index is 8.86. The molecule has 0 radical (unpaired) electrons. The fraction of sp³-hybridized carbons (Fsp3) is 0.312. The molecule has 1 aromatic carbocycles. The van der Waals surface area contributed by atoms with Crippen molar-refractivity contribution in [1.82, 2.24) is 10.3 Å². The maximum Gasteiger partial charge on any atom is 0.183 e. The average molecular weight is 343 g/mol. The van der Waals surface area contributed by atoms with Gasteiger partial charge in [0.25, 0.3) is 0 Å². The minimum absolute atomic E-state index is 0.543. The Kier molecular flexibility index (Phi) is 5.36. The van der Waals surface area contributed by atoms with Gasteiger partial charge in [0.2, 0.25) is 0 Å². The van der Waals surface area contributed by atoms with Gasteiger partial charge >= 0.3 is 0 Å². The molecule has 2 aromatic rings. The third-order valence-electron chi connectivity index (χ3n) is 3.62. The summed E-state index contributed by atoms with van der Waals surface area (Å²) in [6, 6.07) is 5.95. The van der Waals surface area contributed by atoms with Gasteiger partial charge in [-0.05, 0) is 24.5 Å². The van der Waals surface area contributed by atoms with Gasteiger partial charge in [0.15, 0.2) is 23.5 Å². The number of nitrogens with one attached hydrogen (secondary N) is 1. The number of nitrogens with zero attached hydrogens (tertiary/aromatic N) is 4. The summed E-state index contributed by atoms with van der Waals surface area (Å²) in [4.78, 5) is 10.8. The molecule has 0 bridgehead atoms. The number of thioether (sulfide) groups is 1. The van der Waals surface area contributed by atoms with Crippen LogP contribution in [0.1, 0.15) is 0 Å². The Morgan fingerprint density at radius 2 is 2.25 bits per heavy atom.